The first-order valence-corrected chi connectivity index (χ1v) is 23.9. The maximum absolute atomic E-state index is 10.1. The number of rotatable bonds is 40. The minimum absolute atomic E-state index is 0. The number of carbonyl (C=O) groups is 4. The molecule has 0 amide bonds. The van der Waals surface area contributed by atoms with Gasteiger partial charge in [0.15, 0.2) is 0 Å². The third-order valence-corrected chi connectivity index (χ3v) is 9.94. The van der Waals surface area contributed by atoms with Crippen molar-refractivity contribution in [2.75, 3.05) is 0 Å². The molecule has 0 aliphatic carbocycles. The van der Waals surface area contributed by atoms with E-state index < -0.39 is 23.9 Å². The molecule has 0 aliphatic heterocycles. The zero-order valence-corrected chi connectivity index (χ0v) is 39.6. The molecule has 0 radical (unpaired) electrons. The van der Waals surface area contributed by atoms with Crippen LogP contribution in [0.5, 0.6) is 0 Å². The van der Waals surface area contributed by atoms with Crippen LogP contribution in [0.3, 0.4) is 0 Å². The van der Waals surface area contributed by atoms with Gasteiger partial charge >= 0.3 is 19.5 Å². The first kappa shape index (κ1) is 64.6. The van der Waals surface area contributed by atoms with E-state index in [0.717, 1.165) is 51.4 Å². The Hall–Kier alpha value is -1.50. The zero-order chi connectivity index (χ0) is 42.6. The Kier molecular flexibility index (Phi) is 69.4. The Bertz CT molecular complexity index is 664. The average molecular weight is 898 g/mol. The SMILES string of the molecule is CCCCCCCCCCCC(=O)[O-].CCCCCCCCCCCC(=O)[O-].CCCCCCCCCCCC(=O)[O-].CCCCCCCCCCCC(=O)[O-].[Ru+4]. The summed E-state index contributed by atoms with van der Waals surface area (Å²) >= 11 is 0. The van der Waals surface area contributed by atoms with Crippen molar-refractivity contribution < 1.29 is 59.1 Å². The first-order valence-electron chi connectivity index (χ1n) is 23.9. The van der Waals surface area contributed by atoms with E-state index in [2.05, 4.69) is 27.7 Å². The average Bonchev–Trinajstić information content (AvgIpc) is 3.15. The second kappa shape index (κ2) is 61.2. The number of hydrogen-bond acceptors (Lipinski definition) is 8. The Labute approximate surface area is 366 Å². The Balaban J connectivity index is -0.000000210. The minimum Gasteiger partial charge on any atom is -0.550 e. The van der Waals surface area contributed by atoms with Gasteiger partial charge in [-0.1, -0.05) is 233 Å². The van der Waals surface area contributed by atoms with Crippen molar-refractivity contribution in [1.82, 2.24) is 0 Å². The Morgan fingerprint density at radius 3 is 0.439 bits per heavy atom. The van der Waals surface area contributed by atoms with Crippen molar-refractivity contribution >= 4 is 23.9 Å². The smallest absolute Gasteiger partial charge is 0.550 e. The molecule has 0 N–H and O–H groups in total. The summed E-state index contributed by atoms with van der Waals surface area (Å²) in [6, 6.07) is 0. The van der Waals surface area contributed by atoms with Crippen LogP contribution in [0, 0.1) is 0 Å². The summed E-state index contributed by atoms with van der Waals surface area (Å²) < 4.78 is 0. The summed E-state index contributed by atoms with van der Waals surface area (Å²) in [5.41, 5.74) is 0. The largest absolute Gasteiger partial charge is 4.00 e. The fourth-order valence-electron chi connectivity index (χ4n) is 6.32. The summed E-state index contributed by atoms with van der Waals surface area (Å²) in [4.78, 5) is 40.4. The van der Waals surface area contributed by atoms with Crippen LogP contribution in [0.4, 0.5) is 0 Å². The molecule has 0 aromatic carbocycles. The van der Waals surface area contributed by atoms with Gasteiger partial charge in [-0.2, -0.15) is 0 Å². The molecular formula is C48H92O8Ru. The van der Waals surface area contributed by atoms with Crippen molar-refractivity contribution in [3.8, 4) is 0 Å². The summed E-state index contributed by atoms with van der Waals surface area (Å²) in [6.07, 6.45) is 44.7. The van der Waals surface area contributed by atoms with Crippen molar-refractivity contribution in [1.29, 1.82) is 0 Å². The predicted molar refractivity (Wildman–Crippen MR) is 227 cm³/mol. The molecule has 0 rings (SSSR count). The Morgan fingerprint density at radius 1 is 0.228 bits per heavy atom. The molecule has 0 fully saturated rings. The van der Waals surface area contributed by atoms with E-state index in [9.17, 15) is 39.6 Å². The molecule has 0 saturated heterocycles. The summed E-state index contributed by atoms with van der Waals surface area (Å²) in [6.45, 7) is 8.89. The van der Waals surface area contributed by atoms with Crippen LogP contribution in [0.1, 0.15) is 285 Å². The van der Waals surface area contributed by atoms with E-state index in [1.165, 1.54) is 180 Å². The number of unbranched alkanes of at least 4 members (excludes halogenated alkanes) is 32. The van der Waals surface area contributed by atoms with Crippen LogP contribution in [0.2, 0.25) is 0 Å². The molecule has 0 unspecified atom stereocenters. The van der Waals surface area contributed by atoms with Gasteiger partial charge in [-0.3, -0.25) is 0 Å². The van der Waals surface area contributed by atoms with E-state index in [4.69, 9.17) is 0 Å². The molecular weight excluding hydrogens is 806 g/mol. The number of aliphatic carboxylic acids is 4. The number of carbonyl (C=O) groups excluding carboxylic acids is 4. The first-order chi connectivity index (χ1) is 27.1. The van der Waals surface area contributed by atoms with Gasteiger partial charge in [0.1, 0.15) is 0 Å². The fraction of sp³-hybridized carbons (Fsp3) is 0.917. The van der Waals surface area contributed by atoms with Crippen LogP contribution >= 0.6 is 0 Å². The third kappa shape index (κ3) is 83.2. The van der Waals surface area contributed by atoms with Gasteiger partial charge in [0.2, 0.25) is 0 Å². The number of carboxylic acid groups (broad SMARTS) is 4. The molecule has 0 heterocycles. The van der Waals surface area contributed by atoms with E-state index in [1.54, 1.807) is 0 Å². The molecule has 0 atom stereocenters. The van der Waals surface area contributed by atoms with Crippen molar-refractivity contribution in [2.45, 2.75) is 285 Å². The Morgan fingerprint density at radius 2 is 0.333 bits per heavy atom. The van der Waals surface area contributed by atoms with Gasteiger partial charge in [0.05, 0.1) is 0 Å². The molecule has 0 bridgehead atoms. The molecule has 340 valence electrons. The van der Waals surface area contributed by atoms with Gasteiger partial charge in [-0.05, 0) is 51.4 Å². The van der Waals surface area contributed by atoms with E-state index in [1.807, 2.05) is 0 Å². The van der Waals surface area contributed by atoms with Crippen molar-refractivity contribution in [3.63, 3.8) is 0 Å². The maximum atomic E-state index is 10.1. The van der Waals surface area contributed by atoms with E-state index in [0.29, 0.717) is 0 Å². The second-order valence-corrected chi connectivity index (χ2v) is 15.8. The predicted octanol–water partition coefficient (Wildman–Crippen LogP) is 10.6. The molecule has 0 spiro atoms. The molecule has 0 aromatic heterocycles. The van der Waals surface area contributed by atoms with Crippen LogP contribution in [0.15, 0.2) is 0 Å². The normalized spacial score (nSPS) is 10.2. The van der Waals surface area contributed by atoms with Gasteiger partial charge in [0.25, 0.3) is 0 Å². The molecule has 0 saturated carbocycles. The van der Waals surface area contributed by atoms with Crippen LogP contribution in [-0.4, -0.2) is 23.9 Å². The number of carboxylic acids is 4. The molecule has 57 heavy (non-hydrogen) atoms. The van der Waals surface area contributed by atoms with Crippen LogP contribution in [0.25, 0.3) is 0 Å². The molecule has 0 aromatic rings. The topological polar surface area (TPSA) is 161 Å². The van der Waals surface area contributed by atoms with Crippen LogP contribution in [-0.2, 0) is 38.7 Å². The minimum atomic E-state index is -0.909. The number of hydrogen-bond donors (Lipinski definition) is 0. The molecule has 9 heteroatoms. The standard InChI is InChI=1S/4C12H24O2.Ru/c4*1-2-3-4-5-6-7-8-9-10-11-12(13)14;/h4*2-11H2,1H3,(H,13,14);/q;;;;+4/p-4. The maximum Gasteiger partial charge on any atom is 4.00 e. The van der Waals surface area contributed by atoms with E-state index >= 15 is 0 Å². The zero-order valence-electron chi connectivity index (χ0n) is 37.9. The fourth-order valence-corrected chi connectivity index (χ4v) is 6.32. The molecule has 8 nitrogen and oxygen atoms in total. The van der Waals surface area contributed by atoms with Gasteiger partial charge in [-0.15, -0.1) is 0 Å². The van der Waals surface area contributed by atoms with Crippen molar-refractivity contribution in [3.05, 3.63) is 0 Å². The quantitative estimate of drug-likeness (QED) is 0.0434. The third-order valence-electron chi connectivity index (χ3n) is 9.94. The van der Waals surface area contributed by atoms with Gasteiger partial charge in [-0.25, -0.2) is 0 Å². The van der Waals surface area contributed by atoms with Crippen LogP contribution < -0.4 is 20.4 Å². The summed E-state index contributed by atoms with van der Waals surface area (Å²) in [5.74, 6) is -3.64. The summed E-state index contributed by atoms with van der Waals surface area (Å²) in [5, 5.41) is 40.4. The molecule has 0 aliphatic rings. The second-order valence-electron chi connectivity index (χ2n) is 15.8. The van der Waals surface area contributed by atoms with Crippen molar-refractivity contribution in [2.24, 2.45) is 0 Å². The van der Waals surface area contributed by atoms with Gasteiger partial charge in [0, 0.05) is 23.9 Å². The monoisotopic (exact) mass is 899 g/mol. The van der Waals surface area contributed by atoms with E-state index in [-0.39, 0.29) is 45.2 Å². The van der Waals surface area contributed by atoms with Gasteiger partial charge < -0.3 is 39.6 Å². The summed E-state index contributed by atoms with van der Waals surface area (Å²) in [7, 11) is 0.